The van der Waals surface area contributed by atoms with Gasteiger partial charge in [-0.05, 0) is 49.6 Å². The van der Waals surface area contributed by atoms with E-state index in [-0.39, 0.29) is 11.7 Å². The van der Waals surface area contributed by atoms with Crippen molar-refractivity contribution in [2.75, 3.05) is 0 Å². The van der Waals surface area contributed by atoms with Crippen LogP contribution < -0.4 is 11.0 Å². The topological polar surface area (TPSA) is 88.0 Å². The largest absolute Gasteiger partial charge is 0.459 e. The molecule has 0 radical (unpaired) electrons. The molecule has 0 aliphatic heterocycles. The van der Waals surface area contributed by atoms with Crippen molar-refractivity contribution in [1.82, 2.24) is 15.3 Å². The summed E-state index contributed by atoms with van der Waals surface area (Å²) in [6.07, 6.45) is 0.665. The molecule has 1 amide bonds. The maximum Gasteiger partial charge on any atom is 0.345 e. The van der Waals surface area contributed by atoms with E-state index in [1.165, 1.54) is 0 Å². The summed E-state index contributed by atoms with van der Waals surface area (Å²) in [6, 6.07) is 8.39. The van der Waals surface area contributed by atoms with E-state index in [0.29, 0.717) is 34.4 Å². The number of benzene rings is 1. The first-order valence-corrected chi connectivity index (χ1v) is 8.79. The average molecular weight is 374 g/mol. The van der Waals surface area contributed by atoms with E-state index in [1.807, 2.05) is 19.9 Å². The van der Waals surface area contributed by atoms with Crippen molar-refractivity contribution in [3.63, 3.8) is 0 Å². The number of rotatable bonds is 5. The summed E-state index contributed by atoms with van der Waals surface area (Å²) in [5, 5.41) is 4.30. The fourth-order valence-corrected chi connectivity index (χ4v) is 2.94. The average Bonchev–Trinajstić information content (AvgIpc) is 2.96. The SMILES string of the molecule is CC(C)Cc1cc(C(=O)N[C@@H](C)c2cc3cc(Cl)ccc3o2)nc(=O)[nH]1. The Labute approximate surface area is 155 Å². The van der Waals surface area contributed by atoms with E-state index < -0.39 is 11.6 Å². The number of fused-ring (bicyclic) bond motifs is 1. The Balaban J connectivity index is 1.80. The first kappa shape index (κ1) is 18.2. The van der Waals surface area contributed by atoms with Gasteiger partial charge in [0.2, 0.25) is 0 Å². The van der Waals surface area contributed by atoms with Gasteiger partial charge in [-0.3, -0.25) is 4.79 Å². The lowest BCUT2D eigenvalue weighted by atomic mass is 10.1. The van der Waals surface area contributed by atoms with E-state index in [0.717, 1.165) is 5.39 Å². The number of hydrogen-bond acceptors (Lipinski definition) is 4. The Hall–Kier alpha value is -2.60. The molecule has 0 aliphatic rings. The molecule has 0 bridgehead atoms. The van der Waals surface area contributed by atoms with Crippen LogP contribution >= 0.6 is 11.6 Å². The third-order valence-electron chi connectivity index (χ3n) is 3.93. The fourth-order valence-electron chi connectivity index (χ4n) is 2.76. The Bertz CT molecular complexity index is 1010. The molecule has 1 atom stereocenters. The van der Waals surface area contributed by atoms with Crippen molar-refractivity contribution in [1.29, 1.82) is 0 Å². The van der Waals surface area contributed by atoms with Crippen LogP contribution in [-0.4, -0.2) is 15.9 Å². The zero-order valence-corrected chi connectivity index (χ0v) is 15.6. The molecule has 2 aromatic heterocycles. The third-order valence-corrected chi connectivity index (χ3v) is 4.17. The number of H-pyrrole nitrogens is 1. The van der Waals surface area contributed by atoms with Crippen LogP contribution in [0.5, 0.6) is 0 Å². The first-order valence-electron chi connectivity index (χ1n) is 8.42. The van der Waals surface area contributed by atoms with Crippen LogP contribution in [0.3, 0.4) is 0 Å². The van der Waals surface area contributed by atoms with Gasteiger partial charge in [0.25, 0.3) is 5.91 Å². The van der Waals surface area contributed by atoms with Crippen molar-refractivity contribution >= 4 is 28.5 Å². The molecular formula is C19H20ClN3O3. The van der Waals surface area contributed by atoms with Gasteiger partial charge in [-0.2, -0.15) is 4.98 Å². The fraction of sp³-hybridized carbons (Fsp3) is 0.316. The molecule has 2 N–H and O–H groups in total. The molecule has 2 heterocycles. The van der Waals surface area contributed by atoms with E-state index in [4.69, 9.17) is 16.0 Å². The Morgan fingerprint density at radius 1 is 1.27 bits per heavy atom. The predicted octanol–water partition coefficient (Wildman–Crippen LogP) is 3.86. The molecule has 1 aromatic carbocycles. The van der Waals surface area contributed by atoms with Gasteiger partial charge in [-0.1, -0.05) is 25.4 Å². The summed E-state index contributed by atoms with van der Waals surface area (Å²) in [4.78, 5) is 30.7. The number of carbonyl (C=O) groups is 1. The number of furan rings is 1. The van der Waals surface area contributed by atoms with Gasteiger partial charge < -0.3 is 14.7 Å². The Kier molecular flexibility index (Phi) is 5.13. The normalized spacial score (nSPS) is 12.5. The standard InChI is InChI=1S/C19H20ClN3O3/c1-10(2)6-14-9-15(23-19(25)22-14)18(24)21-11(3)17-8-12-7-13(20)4-5-16(12)26-17/h4-5,7-11H,6H2,1-3H3,(H,21,24)(H,22,23,25)/t11-/m0/s1. The van der Waals surface area contributed by atoms with Gasteiger partial charge >= 0.3 is 5.69 Å². The van der Waals surface area contributed by atoms with Crippen LogP contribution in [0.15, 0.2) is 39.5 Å². The number of nitrogens with zero attached hydrogens (tertiary/aromatic N) is 1. The number of aromatic amines is 1. The summed E-state index contributed by atoms with van der Waals surface area (Å²) < 4.78 is 5.76. The maximum atomic E-state index is 12.5. The zero-order chi connectivity index (χ0) is 18.8. The number of nitrogens with one attached hydrogen (secondary N) is 2. The van der Waals surface area contributed by atoms with Crippen LogP contribution in [0, 0.1) is 5.92 Å². The van der Waals surface area contributed by atoms with Crippen LogP contribution in [0.2, 0.25) is 5.02 Å². The minimum atomic E-state index is -0.528. The smallest absolute Gasteiger partial charge is 0.345 e. The van der Waals surface area contributed by atoms with Gasteiger partial charge in [-0.15, -0.1) is 0 Å². The molecule has 0 saturated carbocycles. The molecule has 3 rings (SSSR count). The molecule has 26 heavy (non-hydrogen) atoms. The molecule has 3 aromatic rings. The summed E-state index contributed by atoms with van der Waals surface area (Å²) in [5.41, 5.74) is 0.949. The summed E-state index contributed by atoms with van der Waals surface area (Å²) in [5.74, 6) is 0.528. The molecule has 136 valence electrons. The van der Waals surface area contributed by atoms with Gasteiger partial charge in [-0.25, -0.2) is 4.79 Å². The number of carbonyl (C=O) groups excluding carboxylic acids is 1. The molecule has 0 unspecified atom stereocenters. The summed E-state index contributed by atoms with van der Waals surface area (Å²) in [7, 11) is 0. The highest BCUT2D eigenvalue weighted by Crippen LogP contribution is 2.26. The summed E-state index contributed by atoms with van der Waals surface area (Å²) >= 11 is 5.99. The minimum Gasteiger partial charge on any atom is -0.459 e. The van der Waals surface area contributed by atoms with Gasteiger partial charge in [0.1, 0.15) is 17.0 Å². The van der Waals surface area contributed by atoms with Gasteiger partial charge in [0.05, 0.1) is 6.04 Å². The highest BCUT2D eigenvalue weighted by atomic mass is 35.5. The first-order chi connectivity index (χ1) is 12.3. The lowest BCUT2D eigenvalue weighted by molar-refractivity contribution is 0.0930. The monoisotopic (exact) mass is 373 g/mol. The van der Waals surface area contributed by atoms with Crippen LogP contribution in [0.1, 0.15) is 48.8 Å². The van der Waals surface area contributed by atoms with Crippen LogP contribution in [-0.2, 0) is 6.42 Å². The van der Waals surface area contributed by atoms with Crippen LogP contribution in [0.4, 0.5) is 0 Å². The second kappa shape index (κ2) is 7.33. The highest BCUT2D eigenvalue weighted by Gasteiger charge is 2.17. The lowest BCUT2D eigenvalue weighted by Gasteiger charge is -2.11. The van der Waals surface area contributed by atoms with Gasteiger partial charge in [0, 0.05) is 16.1 Å². The minimum absolute atomic E-state index is 0.0930. The zero-order valence-electron chi connectivity index (χ0n) is 14.8. The van der Waals surface area contributed by atoms with Crippen molar-refractivity contribution < 1.29 is 9.21 Å². The second-order valence-electron chi connectivity index (χ2n) is 6.72. The van der Waals surface area contributed by atoms with Crippen molar-refractivity contribution in [2.24, 2.45) is 5.92 Å². The Morgan fingerprint density at radius 3 is 2.77 bits per heavy atom. The predicted molar refractivity (Wildman–Crippen MR) is 101 cm³/mol. The third kappa shape index (κ3) is 4.14. The van der Waals surface area contributed by atoms with E-state index in [9.17, 15) is 9.59 Å². The van der Waals surface area contributed by atoms with E-state index in [1.54, 1.807) is 31.2 Å². The molecular weight excluding hydrogens is 354 g/mol. The Morgan fingerprint density at radius 2 is 2.04 bits per heavy atom. The summed E-state index contributed by atoms with van der Waals surface area (Å²) in [6.45, 7) is 5.88. The molecule has 0 fully saturated rings. The molecule has 6 nitrogen and oxygen atoms in total. The van der Waals surface area contributed by atoms with Crippen LogP contribution in [0.25, 0.3) is 11.0 Å². The lowest BCUT2D eigenvalue weighted by Crippen LogP contribution is -2.30. The van der Waals surface area contributed by atoms with E-state index in [2.05, 4.69) is 15.3 Å². The van der Waals surface area contributed by atoms with Crippen molar-refractivity contribution in [3.8, 4) is 0 Å². The maximum absolute atomic E-state index is 12.5. The van der Waals surface area contributed by atoms with E-state index >= 15 is 0 Å². The molecule has 0 aliphatic carbocycles. The highest BCUT2D eigenvalue weighted by molar-refractivity contribution is 6.31. The number of hydrogen-bond donors (Lipinski definition) is 2. The van der Waals surface area contributed by atoms with Gasteiger partial charge in [0.15, 0.2) is 0 Å². The second-order valence-corrected chi connectivity index (χ2v) is 7.16. The van der Waals surface area contributed by atoms with Crippen molar-refractivity contribution in [3.05, 3.63) is 63.0 Å². The quantitative estimate of drug-likeness (QED) is 0.710. The molecule has 0 spiro atoms. The number of aromatic nitrogens is 2. The van der Waals surface area contributed by atoms with Crippen molar-refractivity contribution in [2.45, 2.75) is 33.2 Å². The molecule has 7 heteroatoms. The molecule has 0 saturated heterocycles. The number of amides is 1. The number of halogens is 1.